The van der Waals surface area contributed by atoms with Gasteiger partial charge in [-0.1, -0.05) is 48.5 Å². The number of hydrogen-bond donors (Lipinski definition) is 4. The summed E-state index contributed by atoms with van der Waals surface area (Å²) in [6.07, 6.45) is -4.32. The lowest BCUT2D eigenvalue weighted by Crippen LogP contribution is -2.60. The lowest BCUT2D eigenvalue weighted by molar-refractivity contribution is -0.278. The molecule has 0 bridgehead atoms. The zero-order valence-corrected chi connectivity index (χ0v) is 17.7. The summed E-state index contributed by atoms with van der Waals surface area (Å²) in [5, 5.41) is 40.1. The van der Waals surface area contributed by atoms with Crippen LogP contribution in [0.25, 0.3) is 0 Å². The molecule has 2 aromatic carbocycles. The maximum Gasteiger partial charge on any atom is 0.305 e. The summed E-state index contributed by atoms with van der Waals surface area (Å²) in [4.78, 5) is 12.1. The first-order valence-electron chi connectivity index (χ1n) is 10.7. The third-order valence-corrected chi connectivity index (χ3v) is 5.40. The third-order valence-electron chi connectivity index (χ3n) is 5.40. The van der Waals surface area contributed by atoms with Crippen molar-refractivity contribution in [2.45, 2.75) is 63.0 Å². The molecule has 32 heavy (non-hydrogen) atoms. The number of unbranched alkanes of at least 4 members (excludes halogenated alkanes) is 1. The molecule has 0 spiro atoms. The lowest BCUT2D eigenvalue weighted by Gasteiger charge is -2.40. The normalized spacial score (nSPS) is 25.3. The van der Waals surface area contributed by atoms with Gasteiger partial charge >= 0.3 is 5.97 Å². The van der Waals surface area contributed by atoms with E-state index in [9.17, 15) is 25.2 Å². The number of carbonyl (C=O) groups excluding carboxylic acids is 1. The summed E-state index contributed by atoms with van der Waals surface area (Å²) in [5.41, 5.74) is 1.68. The monoisotopic (exact) mass is 446 g/mol. The second-order valence-corrected chi connectivity index (χ2v) is 7.77. The Morgan fingerprint density at radius 3 is 2.38 bits per heavy atom. The molecule has 4 N–H and O–H groups in total. The standard InChI is InChI=1S/C24H30O8/c25-14-17-11-5-6-12-18(17)31-24-23(29)22(28)21(27)19(32-24)15-30-20(26)13-7-4-10-16-8-2-1-3-9-16/h1-3,5-6,8-9,11-12,19,21-25,27-29H,4,7,10,13-15H2/t19-,21-,22+,23-,24-/m1/s1. The molecule has 0 aromatic heterocycles. The van der Waals surface area contributed by atoms with Gasteiger partial charge in [0.1, 0.15) is 36.8 Å². The van der Waals surface area contributed by atoms with Crippen LogP contribution < -0.4 is 4.74 Å². The quantitative estimate of drug-likeness (QED) is 0.318. The molecule has 8 heteroatoms. The van der Waals surface area contributed by atoms with Crippen LogP contribution in [0.1, 0.15) is 30.4 Å². The molecule has 1 aliphatic heterocycles. The van der Waals surface area contributed by atoms with Crippen molar-refractivity contribution in [2.75, 3.05) is 6.61 Å². The number of ether oxygens (including phenoxy) is 3. The van der Waals surface area contributed by atoms with Gasteiger partial charge in [0, 0.05) is 12.0 Å². The predicted octanol–water partition coefficient (Wildman–Crippen LogP) is 1.32. The Balaban J connectivity index is 1.47. The number of rotatable bonds is 10. The molecule has 2 aromatic rings. The highest BCUT2D eigenvalue weighted by Crippen LogP contribution is 2.27. The summed E-state index contributed by atoms with van der Waals surface area (Å²) in [5.74, 6) is -0.158. The predicted molar refractivity (Wildman–Crippen MR) is 115 cm³/mol. The number of carbonyl (C=O) groups is 1. The minimum atomic E-state index is -1.55. The van der Waals surface area contributed by atoms with Crippen LogP contribution in [-0.2, 0) is 27.3 Å². The number of para-hydroxylation sites is 1. The van der Waals surface area contributed by atoms with E-state index in [0.29, 0.717) is 12.0 Å². The fourth-order valence-electron chi connectivity index (χ4n) is 3.52. The van der Waals surface area contributed by atoms with Gasteiger partial charge in [0.25, 0.3) is 0 Å². The Morgan fingerprint density at radius 2 is 1.62 bits per heavy atom. The summed E-state index contributed by atoms with van der Waals surface area (Å²) in [6, 6.07) is 16.6. The van der Waals surface area contributed by atoms with Gasteiger partial charge in [-0.25, -0.2) is 0 Å². The van der Waals surface area contributed by atoms with E-state index in [-0.39, 0.29) is 25.4 Å². The number of esters is 1. The zero-order chi connectivity index (χ0) is 22.9. The van der Waals surface area contributed by atoms with Crippen LogP contribution in [0.3, 0.4) is 0 Å². The minimum Gasteiger partial charge on any atom is -0.463 e. The van der Waals surface area contributed by atoms with E-state index in [1.165, 1.54) is 5.56 Å². The minimum absolute atomic E-state index is 0.227. The number of aliphatic hydroxyl groups excluding tert-OH is 4. The van der Waals surface area contributed by atoms with Gasteiger partial charge in [-0.05, 0) is 30.9 Å². The van der Waals surface area contributed by atoms with E-state index in [2.05, 4.69) is 0 Å². The van der Waals surface area contributed by atoms with Crippen LogP contribution in [0.4, 0.5) is 0 Å². The summed E-state index contributed by atoms with van der Waals surface area (Å²) in [7, 11) is 0. The van der Waals surface area contributed by atoms with Crippen LogP contribution in [0.5, 0.6) is 5.75 Å². The van der Waals surface area contributed by atoms with Crippen molar-refractivity contribution >= 4 is 5.97 Å². The van der Waals surface area contributed by atoms with Crippen molar-refractivity contribution in [3.8, 4) is 5.75 Å². The molecule has 1 heterocycles. The van der Waals surface area contributed by atoms with Crippen molar-refractivity contribution in [3.05, 3.63) is 65.7 Å². The van der Waals surface area contributed by atoms with Crippen LogP contribution in [-0.4, -0.2) is 63.7 Å². The average molecular weight is 446 g/mol. The SMILES string of the molecule is O=C(CCCCc1ccccc1)OC[C@H]1O[C@@H](Oc2ccccc2CO)[C@H](O)[C@@H](O)[C@@H]1O. The van der Waals surface area contributed by atoms with Gasteiger partial charge in [-0.15, -0.1) is 0 Å². The molecule has 0 saturated carbocycles. The number of benzene rings is 2. The summed E-state index contributed by atoms with van der Waals surface area (Å²) < 4.78 is 16.4. The Labute approximate surface area is 187 Å². The summed E-state index contributed by atoms with van der Waals surface area (Å²) >= 11 is 0. The van der Waals surface area contributed by atoms with Gasteiger partial charge < -0.3 is 34.6 Å². The number of aliphatic hydroxyl groups is 4. The second kappa shape index (κ2) is 11.9. The fourth-order valence-corrected chi connectivity index (χ4v) is 3.52. The van der Waals surface area contributed by atoms with Crippen LogP contribution in [0.2, 0.25) is 0 Å². The fraction of sp³-hybridized carbons (Fsp3) is 0.458. The van der Waals surface area contributed by atoms with E-state index in [1.54, 1.807) is 24.3 Å². The topological polar surface area (TPSA) is 126 Å². The van der Waals surface area contributed by atoms with E-state index in [1.807, 2.05) is 30.3 Å². The smallest absolute Gasteiger partial charge is 0.305 e. The van der Waals surface area contributed by atoms with Gasteiger partial charge in [0.05, 0.1) is 6.61 Å². The molecule has 1 saturated heterocycles. The second-order valence-electron chi connectivity index (χ2n) is 7.77. The molecule has 0 radical (unpaired) electrons. The van der Waals surface area contributed by atoms with Gasteiger partial charge in [0.2, 0.25) is 6.29 Å². The van der Waals surface area contributed by atoms with Gasteiger partial charge in [-0.2, -0.15) is 0 Å². The molecule has 3 rings (SSSR count). The highest BCUT2D eigenvalue weighted by Gasteiger charge is 2.45. The molecule has 174 valence electrons. The molecule has 0 amide bonds. The molecular weight excluding hydrogens is 416 g/mol. The highest BCUT2D eigenvalue weighted by atomic mass is 16.7. The molecule has 0 aliphatic carbocycles. The first-order chi connectivity index (χ1) is 15.5. The van der Waals surface area contributed by atoms with Crippen molar-refractivity contribution in [1.29, 1.82) is 0 Å². The largest absolute Gasteiger partial charge is 0.463 e. The number of aryl methyl sites for hydroxylation is 1. The lowest BCUT2D eigenvalue weighted by atomic mass is 9.99. The summed E-state index contributed by atoms with van der Waals surface area (Å²) in [6.45, 7) is -0.570. The van der Waals surface area contributed by atoms with Gasteiger partial charge in [-0.3, -0.25) is 4.79 Å². The Kier molecular flexibility index (Phi) is 9.01. The Morgan fingerprint density at radius 1 is 0.906 bits per heavy atom. The van der Waals surface area contributed by atoms with Crippen molar-refractivity contribution in [2.24, 2.45) is 0 Å². The van der Waals surface area contributed by atoms with Crippen molar-refractivity contribution in [1.82, 2.24) is 0 Å². The Hall–Kier alpha value is -2.49. The van der Waals surface area contributed by atoms with E-state index in [0.717, 1.165) is 12.8 Å². The molecular formula is C24H30O8. The van der Waals surface area contributed by atoms with Crippen molar-refractivity contribution < 1.29 is 39.4 Å². The average Bonchev–Trinajstić information content (AvgIpc) is 2.82. The first kappa shape index (κ1) is 24.2. The van der Waals surface area contributed by atoms with E-state index < -0.39 is 36.7 Å². The number of hydrogen-bond acceptors (Lipinski definition) is 8. The van der Waals surface area contributed by atoms with E-state index in [4.69, 9.17) is 14.2 Å². The molecule has 0 unspecified atom stereocenters. The molecule has 1 aliphatic rings. The van der Waals surface area contributed by atoms with Crippen molar-refractivity contribution in [3.63, 3.8) is 0 Å². The van der Waals surface area contributed by atoms with Gasteiger partial charge in [0.15, 0.2) is 0 Å². The zero-order valence-electron chi connectivity index (χ0n) is 17.7. The van der Waals surface area contributed by atoms with Crippen LogP contribution >= 0.6 is 0 Å². The van der Waals surface area contributed by atoms with E-state index >= 15 is 0 Å². The molecule has 5 atom stereocenters. The maximum absolute atomic E-state index is 12.1. The molecule has 1 fully saturated rings. The van der Waals surface area contributed by atoms with Crippen LogP contribution in [0, 0.1) is 0 Å². The third kappa shape index (κ3) is 6.51. The Bertz CT molecular complexity index is 843. The molecule has 8 nitrogen and oxygen atoms in total. The maximum atomic E-state index is 12.1. The first-order valence-corrected chi connectivity index (χ1v) is 10.7. The highest BCUT2D eigenvalue weighted by molar-refractivity contribution is 5.69. The van der Waals surface area contributed by atoms with Crippen LogP contribution in [0.15, 0.2) is 54.6 Å².